The topological polar surface area (TPSA) is 79.2 Å². The lowest BCUT2D eigenvalue weighted by molar-refractivity contribution is -0.121. The third-order valence-electron chi connectivity index (χ3n) is 4.28. The van der Waals surface area contributed by atoms with E-state index in [0.717, 1.165) is 0 Å². The zero-order valence-electron chi connectivity index (χ0n) is 15.7. The van der Waals surface area contributed by atoms with Gasteiger partial charge in [0.15, 0.2) is 10.9 Å². The highest BCUT2D eigenvalue weighted by Gasteiger charge is 2.30. The molecule has 0 radical (unpaired) electrons. The fourth-order valence-electron chi connectivity index (χ4n) is 2.74. The normalized spacial score (nSPS) is 16.7. The first-order chi connectivity index (χ1) is 13.7. The number of ether oxygens (including phenoxy) is 1. The van der Waals surface area contributed by atoms with E-state index in [1.54, 1.807) is 44.3 Å². The Morgan fingerprint density at radius 3 is 2.52 bits per heavy atom. The molecule has 2 aromatic carbocycles. The number of amidine groups is 1. The molecule has 150 valence electrons. The van der Waals surface area contributed by atoms with Crippen LogP contribution in [0.25, 0.3) is 6.08 Å². The quantitative estimate of drug-likeness (QED) is 0.643. The number of likely N-dealkylation sites (N-methyl/N-ethyl adjacent to an activating group) is 1. The number of hydrogen-bond acceptors (Lipinski definition) is 5. The van der Waals surface area contributed by atoms with Crippen LogP contribution in [0.3, 0.4) is 0 Å². The van der Waals surface area contributed by atoms with E-state index >= 15 is 0 Å². The van der Waals surface area contributed by atoms with Crippen LogP contribution in [0.5, 0.6) is 5.75 Å². The maximum atomic E-state index is 12.6. The van der Waals surface area contributed by atoms with Crippen molar-refractivity contribution in [2.45, 2.75) is 6.92 Å². The molecule has 1 aliphatic heterocycles. The summed E-state index contributed by atoms with van der Waals surface area (Å²) in [6, 6.07) is 8.15. The molecule has 1 fully saturated rings. The monoisotopic (exact) mass is 450 g/mol. The van der Waals surface area contributed by atoms with Crippen molar-refractivity contribution in [1.82, 2.24) is 4.90 Å². The molecule has 1 aliphatic rings. The number of carbonyl (C=O) groups is 2. The van der Waals surface area contributed by atoms with Gasteiger partial charge in [0.1, 0.15) is 0 Å². The molecule has 0 spiro atoms. The highest BCUT2D eigenvalue weighted by molar-refractivity contribution is 8.18. The summed E-state index contributed by atoms with van der Waals surface area (Å²) in [5, 5.41) is 10.4. The van der Waals surface area contributed by atoms with Gasteiger partial charge in [0.05, 0.1) is 33.3 Å². The molecular weight excluding hydrogens is 435 g/mol. The molecule has 1 N–H and O–H groups in total. The standard InChI is InChI=1S/C20H16Cl2N2O4S/c1-10-12(19(26)27)5-4-6-15(10)23-20-24(2)18(25)16(29-20)9-11-7-13(21)17(28-3)14(22)8-11/h4-9H,1-3H3,(H,26,27)/b16-9-,23-20?. The molecule has 0 aromatic heterocycles. The minimum absolute atomic E-state index is 0.169. The van der Waals surface area contributed by atoms with Crippen LogP contribution < -0.4 is 4.74 Å². The Labute approximate surface area is 181 Å². The number of hydrogen-bond donors (Lipinski definition) is 1. The summed E-state index contributed by atoms with van der Waals surface area (Å²) in [6.45, 7) is 1.68. The van der Waals surface area contributed by atoms with Crippen LogP contribution in [0, 0.1) is 6.92 Å². The summed E-state index contributed by atoms with van der Waals surface area (Å²) in [4.78, 5) is 30.3. The number of aliphatic imine (C=N–C) groups is 1. The number of aromatic carboxylic acids is 1. The summed E-state index contributed by atoms with van der Waals surface area (Å²) in [5.41, 5.74) is 1.83. The first kappa shape index (κ1) is 21.2. The van der Waals surface area contributed by atoms with Crippen molar-refractivity contribution in [1.29, 1.82) is 0 Å². The van der Waals surface area contributed by atoms with Gasteiger partial charge in [0, 0.05) is 7.05 Å². The van der Waals surface area contributed by atoms with Crippen LogP contribution in [0.4, 0.5) is 5.69 Å². The van der Waals surface area contributed by atoms with Gasteiger partial charge in [-0.25, -0.2) is 9.79 Å². The largest absolute Gasteiger partial charge is 0.494 e. The lowest BCUT2D eigenvalue weighted by Gasteiger charge is -2.09. The lowest BCUT2D eigenvalue weighted by Crippen LogP contribution is -2.23. The number of carboxylic acids is 1. The molecule has 0 atom stereocenters. The van der Waals surface area contributed by atoms with Crippen molar-refractivity contribution in [3.63, 3.8) is 0 Å². The van der Waals surface area contributed by atoms with E-state index in [-0.39, 0.29) is 11.5 Å². The van der Waals surface area contributed by atoms with Crippen LogP contribution in [0.15, 0.2) is 40.2 Å². The fraction of sp³-hybridized carbons (Fsp3) is 0.150. The second-order valence-corrected chi connectivity index (χ2v) is 7.97. The van der Waals surface area contributed by atoms with Gasteiger partial charge < -0.3 is 9.84 Å². The number of rotatable bonds is 4. The third-order valence-corrected chi connectivity index (χ3v) is 5.90. The molecule has 9 heteroatoms. The van der Waals surface area contributed by atoms with Crippen LogP contribution in [-0.2, 0) is 4.79 Å². The molecule has 0 aliphatic carbocycles. The molecule has 2 aromatic rings. The number of benzene rings is 2. The Bertz CT molecular complexity index is 1060. The van der Waals surface area contributed by atoms with E-state index in [1.165, 1.54) is 29.8 Å². The molecule has 6 nitrogen and oxygen atoms in total. The maximum Gasteiger partial charge on any atom is 0.336 e. The van der Waals surface area contributed by atoms with Gasteiger partial charge in [0.2, 0.25) is 0 Å². The van der Waals surface area contributed by atoms with E-state index in [0.29, 0.717) is 42.7 Å². The van der Waals surface area contributed by atoms with E-state index < -0.39 is 5.97 Å². The first-order valence-corrected chi connectivity index (χ1v) is 9.92. The molecule has 0 unspecified atom stereocenters. The van der Waals surface area contributed by atoms with Crippen LogP contribution in [-0.4, -0.2) is 41.2 Å². The van der Waals surface area contributed by atoms with Gasteiger partial charge in [-0.3, -0.25) is 9.69 Å². The summed E-state index contributed by atoms with van der Waals surface area (Å²) in [5.74, 6) is -0.889. The lowest BCUT2D eigenvalue weighted by atomic mass is 10.1. The van der Waals surface area contributed by atoms with Crippen LogP contribution in [0.2, 0.25) is 10.0 Å². The molecule has 1 heterocycles. The molecule has 29 heavy (non-hydrogen) atoms. The van der Waals surface area contributed by atoms with E-state index in [9.17, 15) is 14.7 Å². The first-order valence-electron chi connectivity index (χ1n) is 8.35. The van der Waals surface area contributed by atoms with Gasteiger partial charge in [0.25, 0.3) is 5.91 Å². The zero-order valence-corrected chi connectivity index (χ0v) is 18.0. The smallest absolute Gasteiger partial charge is 0.336 e. The number of thioether (sulfide) groups is 1. The maximum absolute atomic E-state index is 12.6. The Hall–Kier alpha value is -2.48. The average Bonchev–Trinajstić information content (AvgIpc) is 2.91. The summed E-state index contributed by atoms with van der Waals surface area (Å²) in [7, 11) is 3.08. The van der Waals surface area contributed by atoms with Crippen molar-refractivity contribution < 1.29 is 19.4 Å². The van der Waals surface area contributed by atoms with Crippen LogP contribution in [0.1, 0.15) is 21.5 Å². The van der Waals surface area contributed by atoms with Crippen molar-refractivity contribution >= 4 is 63.8 Å². The van der Waals surface area contributed by atoms with Crippen molar-refractivity contribution in [2.75, 3.05) is 14.2 Å². The molecule has 0 saturated carbocycles. The third kappa shape index (κ3) is 4.27. The van der Waals surface area contributed by atoms with Gasteiger partial charge in [-0.15, -0.1) is 0 Å². The Morgan fingerprint density at radius 2 is 1.93 bits per heavy atom. The van der Waals surface area contributed by atoms with Crippen molar-refractivity contribution in [3.8, 4) is 5.75 Å². The Kier molecular flexibility index (Phi) is 6.21. The highest BCUT2D eigenvalue weighted by Crippen LogP contribution is 2.37. The minimum atomic E-state index is -1.03. The fourth-order valence-corrected chi connectivity index (χ4v) is 4.38. The Morgan fingerprint density at radius 1 is 1.28 bits per heavy atom. The average molecular weight is 451 g/mol. The second-order valence-electron chi connectivity index (χ2n) is 6.14. The number of amides is 1. The van der Waals surface area contributed by atoms with E-state index in [2.05, 4.69) is 4.99 Å². The van der Waals surface area contributed by atoms with Gasteiger partial charge in [-0.05, 0) is 60.2 Å². The summed E-state index contributed by atoms with van der Waals surface area (Å²) < 4.78 is 5.13. The van der Waals surface area contributed by atoms with E-state index in [1.807, 2.05) is 0 Å². The number of carboxylic acid groups (broad SMARTS) is 1. The number of carbonyl (C=O) groups excluding carboxylic acids is 1. The molecule has 1 amide bonds. The number of methoxy groups -OCH3 is 1. The SMILES string of the molecule is COc1c(Cl)cc(/C=C2\SC(=Nc3cccc(C(=O)O)c3C)N(C)C2=O)cc1Cl. The predicted octanol–water partition coefficient (Wildman–Crippen LogP) is 5.24. The van der Waals surface area contributed by atoms with Crippen molar-refractivity contribution in [2.24, 2.45) is 4.99 Å². The second kappa shape index (κ2) is 8.49. The van der Waals surface area contributed by atoms with E-state index in [4.69, 9.17) is 27.9 Å². The molecular formula is C20H16Cl2N2O4S. The van der Waals surface area contributed by atoms with Gasteiger partial charge >= 0.3 is 5.97 Å². The van der Waals surface area contributed by atoms with Crippen molar-refractivity contribution in [3.05, 3.63) is 62.0 Å². The summed E-state index contributed by atoms with van der Waals surface area (Å²) in [6.07, 6.45) is 1.67. The van der Waals surface area contributed by atoms with Gasteiger partial charge in [-0.2, -0.15) is 0 Å². The molecule has 0 bridgehead atoms. The zero-order chi connectivity index (χ0) is 21.3. The number of halogens is 2. The highest BCUT2D eigenvalue weighted by atomic mass is 35.5. The Balaban J connectivity index is 1.97. The summed E-state index contributed by atoms with van der Waals surface area (Å²) >= 11 is 13.5. The number of nitrogens with zero attached hydrogens (tertiary/aromatic N) is 2. The van der Waals surface area contributed by atoms with Gasteiger partial charge in [-0.1, -0.05) is 29.3 Å². The molecule has 3 rings (SSSR count). The molecule has 1 saturated heterocycles. The van der Waals surface area contributed by atoms with Crippen LogP contribution >= 0.6 is 35.0 Å². The predicted molar refractivity (Wildman–Crippen MR) is 117 cm³/mol. The minimum Gasteiger partial charge on any atom is -0.494 e.